The molecule has 2 N–H and O–H groups in total. The van der Waals surface area contributed by atoms with Crippen LogP contribution in [0.1, 0.15) is 18.4 Å². The van der Waals surface area contributed by atoms with E-state index in [2.05, 4.69) is 11.4 Å². The fraction of sp³-hybridized carbons (Fsp3) is 0.533. The molecule has 5 nitrogen and oxygen atoms in total. The van der Waals surface area contributed by atoms with Crippen molar-refractivity contribution in [2.24, 2.45) is 5.92 Å². The highest BCUT2D eigenvalue weighted by atomic mass is 16.5. The van der Waals surface area contributed by atoms with E-state index in [1.165, 1.54) is 12.8 Å². The third-order valence-corrected chi connectivity index (χ3v) is 3.22. The van der Waals surface area contributed by atoms with Crippen molar-refractivity contribution < 1.29 is 14.6 Å². The molecule has 1 unspecified atom stereocenters. The number of rotatable bonds is 8. The number of anilines is 1. The van der Waals surface area contributed by atoms with Crippen molar-refractivity contribution in [1.29, 1.82) is 5.26 Å². The highest BCUT2D eigenvalue weighted by Gasteiger charge is 2.21. The van der Waals surface area contributed by atoms with Gasteiger partial charge in [0.1, 0.15) is 5.75 Å². The fourth-order valence-corrected chi connectivity index (χ4v) is 1.85. The average Bonchev–Trinajstić information content (AvgIpc) is 3.29. The largest absolute Gasteiger partial charge is 0.495 e. The number of ether oxygens (including phenoxy) is 2. The third kappa shape index (κ3) is 4.41. The molecule has 1 aliphatic rings. The van der Waals surface area contributed by atoms with Crippen molar-refractivity contribution in [1.82, 2.24) is 0 Å². The van der Waals surface area contributed by atoms with Gasteiger partial charge in [-0.05, 0) is 30.9 Å². The van der Waals surface area contributed by atoms with E-state index >= 15 is 0 Å². The number of nitrogens with zero attached hydrogens (tertiary/aromatic N) is 1. The maximum Gasteiger partial charge on any atom is 0.143 e. The van der Waals surface area contributed by atoms with Gasteiger partial charge in [-0.1, -0.05) is 0 Å². The first-order valence-corrected chi connectivity index (χ1v) is 6.80. The maximum atomic E-state index is 9.83. The fourth-order valence-electron chi connectivity index (χ4n) is 1.85. The Morgan fingerprint density at radius 1 is 1.50 bits per heavy atom. The SMILES string of the molecule is COc1cc(C#N)ccc1NCC(O)COCC1CC1. The number of nitriles is 1. The Morgan fingerprint density at radius 2 is 2.30 bits per heavy atom. The zero-order chi connectivity index (χ0) is 14.4. The monoisotopic (exact) mass is 276 g/mol. The second-order valence-corrected chi connectivity index (χ2v) is 5.04. The molecule has 0 aliphatic heterocycles. The molecule has 108 valence electrons. The molecule has 0 aromatic heterocycles. The molecule has 20 heavy (non-hydrogen) atoms. The van der Waals surface area contributed by atoms with Crippen LogP contribution in [0.15, 0.2) is 18.2 Å². The van der Waals surface area contributed by atoms with Crippen LogP contribution in [0.4, 0.5) is 5.69 Å². The van der Waals surface area contributed by atoms with Crippen LogP contribution in [-0.4, -0.2) is 38.1 Å². The molecule has 0 saturated heterocycles. The second kappa shape index (κ2) is 7.13. The lowest BCUT2D eigenvalue weighted by atomic mass is 10.2. The van der Waals surface area contributed by atoms with Gasteiger partial charge in [0.15, 0.2) is 0 Å². The quantitative estimate of drug-likeness (QED) is 0.757. The van der Waals surface area contributed by atoms with Crippen molar-refractivity contribution >= 4 is 5.69 Å². The van der Waals surface area contributed by atoms with Crippen molar-refractivity contribution in [2.45, 2.75) is 18.9 Å². The van der Waals surface area contributed by atoms with E-state index in [0.717, 1.165) is 12.3 Å². The van der Waals surface area contributed by atoms with E-state index in [9.17, 15) is 5.11 Å². The average molecular weight is 276 g/mol. The van der Waals surface area contributed by atoms with Gasteiger partial charge in [0.05, 0.1) is 37.1 Å². The Bertz CT molecular complexity index is 480. The van der Waals surface area contributed by atoms with Crippen LogP contribution in [0, 0.1) is 17.2 Å². The molecule has 5 heteroatoms. The Labute approximate surface area is 119 Å². The molecule has 0 amide bonds. The van der Waals surface area contributed by atoms with Gasteiger partial charge in [-0.3, -0.25) is 0 Å². The number of nitrogens with one attached hydrogen (secondary N) is 1. The van der Waals surface area contributed by atoms with Crippen LogP contribution in [0.25, 0.3) is 0 Å². The topological polar surface area (TPSA) is 74.5 Å². The summed E-state index contributed by atoms with van der Waals surface area (Å²) < 4.78 is 10.7. The van der Waals surface area contributed by atoms with Crippen molar-refractivity contribution in [3.8, 4) is 11.8 Å². The van der Waals surface area contributed by atoms with Gasteiger partial charge >= 0.3 is 0 Å². The molecule has 2 rings (SSSR count). The van der Waals surface area contributed by atoms with Gasteiger partial charge in [-0.25, -0.2) is 0 Å². The zero-order valence-corrected chi connectivity index (χ0v) is 11.6. The summed E-state index contributed by atoms with van der Waals surface area (Å²) in [5.41, 5.74) is 1.30. The number of aliphatic hydroxyl groups is 1. The molecule has 0 radical (unpaired) electrons. The summed E-state index contributed by atoms with van der Waals surface area (Å²) in [6.45, 7) is 1.46. The molecule has 1 aromatic rings. The minimum atomic E-state index is -0.561. The van der Waals surface area contributed by atoms with Crippen molar-refractivity contribution in [3.63, 3.8) is 0 Å². The van der Waals surface area contributed by atoms with E-state index < -0.39 is 6.10 Å². The summed E-state index contributed by atoms with van der Waals surface area (Å²) in [4.78, 5) is 0. The first-order chi connectivity index (χ1) is 9.72. The molecule has 0 heterocycles. The zero-order valence-electron chi connectivity index (χ0n) is 11.6. The first-order valence-electron chi connectivity index (χ1n) is 6.80. The summed E-state index contributed by atoms with van der Waals surface area (Å²) in [5, 5.41) is 21.8. The van der Waals surface area contributed by atoms with E-state index in [0.29, 0.717) is 30.4 Å². The van der Waals surface area contributed by atoms with Crippen LogP contribution in [0.5, 0.6) is 5.75 Å². The molecule has 1 fully saturated rings. The highest BCUT2D eigenvalue weighted by molar-refractivity contribution is 5.59. The Balaban J connectivity index is 1.78. The van der Waals surface area contributed by atoms with Crippen LogP contribution >= 0.6 is 0 Å². The minimum Gasteiger partial charge on any atom is -0.495 e. The number of benzene rings is 1. The lowest BCUT2D eigenvalue weighted by molar-refractivity contribution is 0.0386. The molecule has 1 saturated carbocycles. The van der Waals surface area contributed by atoms with Crippen molar-refractivity contribution in [2.75, 3.05) is 32.2 Å². The van der Waals surface area contributed by atoms with Gasteiger partial charge < -0.3 is 19.9 Å². The van der Waals surface area contributed by atoms with Crippen LogP contribution in [0.3, 0.4) is 0 Å². The lowest BCUT2D eigenvalue weighted by Crippen LogP contribution is -2.25. The molecule has 0 bridgehead atoms. The number of hydrogen-bond acceptors (Lipinski definition) is 5. The van der Waals surface area contributed by atoms with Gasteiger partial charge in [0, 0.05) is 19.2 Å². The first kappa shape index (κ1) is 14.6. The Hall–Kier alpha value is -1.77. The number of aliphatic hydroxyl groups excluding tert-OH is 1. The van der Waals surface area contributed by atoms with E-state index in [-0.39, 0.29) is 0 Å². The minimum absolute atomic E-state index is 0.335. The van der Waals surface area contributed by atoms with E-state index in [4.69, 9.17) is 14.7 Å². The summed E-state index contributed by atoms with van der Waals surface area (Å²) in [5.74, 6) is 1.30. The number of hydrogen-bond donors (Lipinski definition) is 2. The second-order valence-electron chi connectivity index (χ2n) is 5.04. The summed E-state index contributed by atoms with van der Waals surface area (Å²) >= 11 is 0. The summed E-state index contributed by atoms with van der Waals surface area (Å²) in [7, 11) is 1.55. The van der Waals surface area contributed by atoms with Gasteiger partial charge in [0.25, 0.3) is 0 Å². The van der Waals surface area contributed by atoms with E-state index in [1.54, 1.807) is 25.3 Å². The van der Waals surface area contributed by atoms with Gasteiger partial charge in [-0.15, -0.1) is 0 Å². The van der Waals surface area contributed by atoms with Gasteiger partial charge in [-0.2, -0.15) is 5.26 Å². The standard InChI is InChI=1S/C15H20N2O3/c1-19-15-6-12(7-16)4-5-14(15)17-8-13(18)10-20-9-11-2-3-11/h4-6,11,13,17-18H,2-3,8-10H2,1H3. The highest BCUT2D eigenvalue weighted by Crippen LogP contribution is 2.28. The predicted molar refractivity (Wildman–Crippen MR) is 75.7 cm³/mol. The van der Waals surface area contributed by atoms with Crippen LogP contribution < -0.4 is 10.1 Å². The van der Waals surface area contributed by atoms with Crippen molar-refractivity contribution in [3.05, 3.63) is 23.8 Å². The predicted octanol–water partition coefficient (Wildman–Crippen LogP) is 1.77. The Kier molecular flexibility index (Phi) is 5.22. The molecular weight excluding hydrogens is 256 g/mol. The maximum absolute atomic E-state index is 9.83. The van der Waals surface area contributed by atoms with Crippen LogP contribution in [-0.2, 0) is 4.74 Å². The molecule has 1 aliphatic carbocycles. The van der Waals surface area contributed by atoms with Gasteiger partial charge in [0.2, 0.25) is 0 Å². The Morgan fingerprint density at radius 3 is 2.95 bits per heavy atom. The molecule has 1 atom stereocenters. The molecule has 1 aromatic carbocycles. The molecular formula is C15H20N2O3. The number of methoxy groups -OCH3 is 1. The third-order valence-electron chi connectivity index (χ3n) is 3.22. The van der Waals surface area contributed by atoms with E-state index in [1.807, 2.05) is 0 Å². The smallest absolute Gasteiger partial charge is 0.143 e. The summed E-state index contributed by atoms with van der Waals surface area (Å²) in [6, 6.07) is 7.21. The molecule has 0 spiro atoms. The normalized spacial score (nSPS) is 15.4. The summed E-state index contributed by atoms with van der Waals surface area (Å²) in [6.07, 6.45) is 1.93. The lowest BCUT2D eigenvalue weighted by Gasteiger charge is -2.15. The van der Waals surface area contributed by atoms with Crippen LogP contribution in [0.2, 0.25) is 0 Å².